The molecule has 1 aliphatic rings. The summed E-state index contributed by atoms with van der Waals surface area (Å²) in [5, 5.41) is 5.58. The van der Waals surface area contributed by atoms with Crippen molar-refractivity contribution in [1.29, 1.82) is 0 Å². The second-order valence-corrected chi connectivity index (χ2v) is 8.63. The van der Waals surface area contributed by atoms with E-state index in [2.05, 4.69) is 17.6 Å². The molecular formula is C22H32N2O5. The van der Waals surface area contributed by atoms with E-state index in [1.165, 1.54) is 12.5 Å². The molecule has 1 aromatic rings. The van der Waals surface area contributed by atoms with E-state index >= 15 is 0 Å². The van der Waals surface area contributed by atoms with Gasteiger partial charge in [0.15, 0.2) is 6.10 Å². The van der Waals surface area contributed by atoms with Gasteiger partial charge in [0.05, 0.1) is 5.56 Å². The number of carbonyl (C=O) groups excluding carboxylic acids is 3. The first-order valence-electron chi connectivity index (χ1n) is 10.2. The summed E-state index contributed by atoms with van der Waals surface area (Å²) in [6.45, 7) is 8.98. The molecule has 0 bridgehead atoms. The molecule has 29 heavy (non-hydrogen) atoms. The average Bonchev–Trinajstić information content (AvgIpc) is 2.62. The summed E-state index contributed by atoms with van der Waals surface area (Å²) >= 11 is 0. The molecule has 0 aromatic heterocycles. The Morgan fingerprint density at radius 2 is 1.83 bits per heavy atom. The van der Waals surface area contributed by atoms with Gasteiger partial charge >= 0.3 is 12.1 Å². The van der Waals surface area contributed by atoms with Gasteiger partial charge in [-0.05, 0) is 64.7 Å². The van der Waals surface area contributed by atoms with Crippen molar-refractivity contribution >= 4 is 23.7 Å². The molecule has 2 amide bonds. The highest BCUT2D eigenvalue weighted by Gasteiger charge is 2.26. The van der Waals surface area contributed by atoms with Crippen LogP contribution in [0, 0.1) is 5.92 Å². The molecule has 3 atom stereocenters. The van der Waals surface area contributed by atoms with Gasteiger partial charge in [0.2, 0.25) is 0 Å². The number of carbonyl (C=O) groups is 3. The van der Waals surface area contributed by atoms with E-state index in [9.17, 15) is 14.4 Å². The zero-order chi connectivity index (χ0) is 21.6. The van der Waals surface area contributed by atoms with Gasteiger partial charge in [0.1, 0.15) is 5.60 Å². The zero-order valence-electron chi connectivity index (χ0n) is 17.9. The van der Waals surface area contributed by atoms with Crippen LogP contribution in [0.15, 0.2) is 24.3 Å². The summed E-state index contributed by atoms with van der Waals surface area (Å²) in [5.74, 6) is -0.497. The number of anilines is 1. The maximum Gasteiger partial charge on any atom is 0.412 e. The highest BCUT2D eigenvalue weighted by Crippen LogP contribution is 2.24. The Labute approximate surface area is 172 Å². The summed E-state index contributed by atoms with van der Waals surface area (Å²) in [6.07, 6.45) is 2.81. The Hall–Kier alpha value is -2.57. The van der Waals surface area contributed by atoms with Crippen molar-refractivity contribution in [2.75, 3.05) is 5.32 Å². The predicted molar refractivity (Wildman–Crippen MR) is 111 cm³/mol. The number of benzene rings is 1. The van der Waals surface area contributed by atoms with Crippen molar-refractivity contribution < 1.29 is 23.9 Å². The standard InChI is InChI=1S/C22H32N2O5/c1-14-9-6-7-12-18(14)24-19(25)15(2)28-20(26)16-10-8-11-17(13-16)23-21(27)29-22(3,4)5/h8,10-11,13-15,18H,6-7,9,12H2,1-5H3,(H,23,27)(H,24,25)/t14-,15-,18+/m1/s1. The van der Waals surface area contributed by atoms with Crippen LogP contribution in [0.3, 0.4) is 0 Å². The molecule has 1 aliphatic carbocycles. The number of esters is 1. The van der Waals surface area contributed by atoms with Crippen LogP contribution >= 0.6 is 0 Å². The molecule has 0 spiro atoms. The van der Waals surface area contributed by atoms with E-state index in [1.807, 2.05) is 0 Å². The maximum absolute atomic E-state index is 12.4. The Kier molecular flexibility index (Phi) is 7.65. The third-order valence-corrected chi connectivity index (χ3v) is 4.84. The molecule has 0 unspecified atom stereocenters. The van der Waals surface area contributed by atoms with E-state index in [0.29, 0.717) is 11.6 Å². The topological polar surface area (TPSA) is 93.7 Å². The Morgan fingerprint density at radius 3 is 2.48 bits per heavy atom. The van der Waals surface area contributed by atoms with Crippen LogP contribution in [0.4, 0.5) is 10.5 Å². The summed E-state index contributed by atoms with van der Waals surface area (Å²) in [6, 6.07) is 6.44. The normalized spacial score (nSPS) is 20.3. The van der Waals surface area contributed by atoms with Crippen molar-refractivity contribution in [2.24, 2.45) is 5.92 Å². The molecule has 1 aromatic carbocycles. The predicted octanol–water partition coefficient (Wildman–Crippen LogP) is 4.27. The largest absolute Gasteiger partial charge is 0.449 e. The van der Waals surface area contributed by atoms with Crippen molar-refractivity contribution in [3.63, 3.8) is 0 Å². The number of hydrogen-bond acceptors (Lipinski definition) is 5. The van der Waals surface area contributed by atoms with E-state index in [-0.39, 0.29) is 17.5 Å². The van der Waals surface area contributed by atoms with Gasteiger partial charge in [0.25, 0.3) is 5.91 Å². The fourth-order valence-corrected chi connectivity index (χ4v) is 3.26. The van der Waals surface area contributed by atoms with Crippen LogP contribution in [-0.4, -0.2) is 35.7 Å². The Bertz CT molecular complexity index is 741. The van der Waals surface area contributed by atoms with Crippen molar-refractivity contribution in [1.82, 2.24) is 5.32 Å². The maximum atomic E-state index is 12.4. The second kappa shape index (κ2) is 9.76. The lowest BCUT2D eigenvalue weighted by Gasteiger charge is -2.30. The molecule has 2 rings (SSSR count). The number of ether oxygens (including phenoxy) is 2. The van der Waals surface area contributed by atoms with Crippen LogP contribution in [0.5, 0.6) is 0 Å². The summed E-state index contributed by atoms with van der Waals surface area (Å²) in [5.41, 5.74) is 0.0188. The number of hydrogen-bond donors (Lipinski definition) is 2. The van der Waals surface area contributed by atoms with Crippen LogP contribution < -0.4 is 10.6 Å². The monoisotopic (exact) mass is 404 g/mol. The summed E-state index contributed by atoms with van der Waals surface area (Å²) < 4.78 is 10.5. The van der Waals surface area contributed by atoms with Crippen LogP contribution in [0.25, 0.3) is 0 Å². The van der Waals surface area contributed by atoms with Crippen LogP contribution in [-0.2, 0) is 14.3 Å². The number of rotatable bonds is 5. The second-order valence-electron chi connectivity index (χ2n) is 8.63. The molecule has 7 nitrogen and oxygen atoms in total. The number of amides is 2. The molecule has 160 valence electrons. The van der Waals surface area contributed by atoms with Gasteiger partial charge in [-0.25, -0.2) is 9.59 Å². The van der Waals surface area contributed by atoms with E-state index in [0.717, 1.165) is 19.3 Å². The lowest BCUT2D eigenvalue weighted by atomic mass is 9.86. The van der Waals surface area contributed by atoms with E-state index < -0.39 is 23.8 Å². The molecular weight excluding hydrogens is 372 g/mol. The summed E-state index contributed by atoms with van der Waals surface area (Å²) in [7, 11) is 0. The third kappa shape index (κ3) is 7.40. The molecule has 0 radical (unpaired) electrons. The zero-order valence-corrected chi connectivity index (χ0v) is 17.9. The van der Waals surface area contributed by atoms with Crippen LogP contribution in [0.2, 0.25) is 0 Å². The number of nitrogens with one attached hydrogen (secondary N) is 2. The fourth-order valence-electron chi connectivity index (χ4n) is 3.26. The first-order chi connectivity index (χ1) is 13.5. The van der Waals surface area contributed by atoms with Gasteiger partial charge in [-0.2, -0.15) is 0 Å². The van der Waals surface area contributed by atoms with Crippen LogP contribution in [0.1, 0.15) is 70.7 Å². The van der Waals surface area contributed by atoms with E-state index in [1.54, 1.807) is 45.9 Å². The SMILES string of the molecule is C[C@@H]1CCCC[C@@H]1NC(=O)[C@@H](C)OC(=O)c1cccc(NC(=O)OC(C)(C)C)c1. The van der Waals surface area contributed by atoms with Gasteiger partial charge in [-0.15, -0.1) is 0 Å². The minimum Gasteiger partial charge on any atom is -0.449 e. The minimum atomic E-state index is -0.904. The van der Waals surface area contributed by atoms with Crippen molar-refractivity contribution in [3.8, 4) is 0 Å². The first kappa shape index (κ1) is 22.7. The Morgan fingerprint density at radius 1 is 1.14 bits per heavy atom. The van der Waals surface area contributed by atoms with Gasteiger partial charge in [-0.3, -0.25) is 10.1 Å². The smallest absolute Gasteiger partial charge is 0.412 e. The van der Waals surface area contributed by atoms with Gasteiger partial charge in [0, 0.05) is 11.7 Å². The molecule has 2 N–H and O–H groups in total. The Balaban J connectivity index is 1.92. The fraction of sp³-hybridized carbons (Fsp3) is 0.591. The molecule has 7 heteroatoms. The molecule has 0 heterocycles. The molecule has 1 saturated carbocycles. The van der Waals surface area contributed by atoms with E-state index in [4.69, 9.17) is 9.47 Å². The molecule has 0 saturated heterocycles. The lowest BCUT2D eigenvalue weighted by Crippen LogP contribution is -2.45. The average molecular weight is 405 g/mol. The highest BCUT2D eigenvalue weighted by atomic mass is 16.6. The highest BCUT2D eigenvalue weighted by molar-refractivity contribution is 5.94. The lowest BCUT2D eigenvalue weighted by molar-refractivity contribution is -0.130. The summed E-state index contributed by atoms with van der Waals surface area (Å²) in [4.78, 5) is 36.7. The molecule has 1 fully saturated rings. The van der Waals surface area contributed by atoms with Gasteiger partial charge < -0.3 is 14.8 Å². The van der Waals surface area contributed by atoms with Crippen molar-refractivity contribution in [3.05, 3.63) is 29.8 Å². The third-order valence-electron chi connectivity index (χ3n) is 4.84. The first-order valence-corrected chi connectivity index (χ1v) is 10.2. The van der Waals surface area contributed by atoms with Gasteiger partial charge in [-0.1, -0.05) is 25.8 Å². The van der Waals surface area contributed by atoms with Crippen molar-refractivity contribution in [2.45, 2.75) is 78.0 Å². The minimum absolute atomic E-state index is 0.124. The quantitative estimate of drug-likeness (QED) is 0.715. The molecule has 0 aliphatic heterocycles.